The average Bonchev–Trinajstić information content (AvgIpc) is 2.38. The molecular weight excluding hydrogens is 312 g/mol. The van der Waals surface area contributed by atoms with E-state index >= 15 is 0 Å². The van der Waals surface area contributed by atoms with Crippen LogP contribution < -0.4 is 0 Å². The van der Waals surface area contributed by atoms with E-state index in [1.165, 1.54) is 4.31 Å². The van der Waals surface area contributed by atoms with Gasteiger partial charge in [-0.2, -0.15) is 12.7 Å². The van der Waals surface area contributed by atoms with Crippen molar-refractivity contribution in [1.82, 2.24) is 4.31 Å². The third-order valence-electron chi connectivity index (χ3n) is 3.12. The summed E-state index contributed by atoms with van der Waals surface area (Å²) >= 11 is 0. The summed E-state index contributed by atoms with van der Waals surface area (Å²) in [7, 11) is -9.23. The Labute approximate surface area is 116 Å². The fraction of sp³-hybridized carbons (Fsp3) is 0.455. The number of hydrogen-bond donors (Lipinski definition) is 0. The van der Waals surface area contributed by atoms with E-state index < -0.39 is 35.9 Å². The largest absolute Gasteiger partial charge is 0.335 e. The Balaban J connectivity index is 2.47. The summed E-state index contributed by atoms with van der Waals surface area (Å²) in [4.78, 5) is -1.67. The molecule has 20 heavy (non-hydrogen) atoms. The Morgan fingerprint density at radius 3 is 2.15 bits per heavy atom. The summed E-state index contributed by atoms with van der Waals surface area (Å²) in [6.07, 6.45) is 2.32. The lowest BCUT2D eigenvalue weighted by atomic mass is 10.2. The predicted molar refractivity (Wildman–Crippen MR) is 67.3 cm³/mol. The Morgan fingerprint density at radius 1 is 1.00 bits per heavy atom. The number of rotatable bonds is 3. The summed E-state index contributed by atoms with van der Waals surface area (Å²) in [5.74, 6) is -1.31. The Morgan fingerprint density at radius 2 is 1.60 bits per heavy atom. The van der Waals surface area contributed by atoms with Gasteiger partial charge in [-0.3, -0.25) is 0 Å². The smallest absolute Gasteiger partial charge is 0.207 e. The quantitative estimate of drug-likeness (QED) is 0.792. The van der Waals surface area contributed by atoms with Gasteiger partial charge in [0.2, 0.25) is 10.0 Å². The zero-order valence-electron chi connectivity index (χ0n) is 10.4. The zero-order chi connectivity index (χ0) is 15.0. The molecule has 1 aromatic carbocycles. The maximum atomic E-state index is 13.3. The first-order valence-corrected chi connectivity index (χ1v) is 8.79. The highest BCUT2D eigenvalue weighted by Crippen LogP contribution is 2.25. The average molecular weight is 325 g/mol. The molecule has 0 bridgehead atoms. The fourth-order valence-corrected chi connectivity index (χ4v) is 4.27. The highest BCUT2D eigenvalue weighted by molar-refractivity contribution is 7.89. The number of sulfonamides is 1. The van der Waals surface area contributed by atoms with Gasteiger partial charge in [-0.1, -0.05) is 6.42 Å². The second-order valence-corrected chi connectivity index (χ2v) is 7.75. The summed E-state index contributed by atoms with van der Waals surface area (Å²) in [5.41, 5.74) is 0. The molecule has 5 nitrogen and oxygen atoms in total. The van der Waals surface area contributed by atoms with Crippen LogP contribution in [-0.2, 0) is 20.2 Å². The van der Waals surface area contributed by atoms with Gasteiger partial charge in [-0.05, 0) is 31.0 Å². The van der Waals surface area contributed by atoms with Gasteiger partial charge in [-0.15, -0.1) is 3.89 Å². The topological polar surface area (TPSA) is 71.5 Å². The van der Waals surface area contributed by atoms with Crippen LogP contribution in [-0.4, -0.2) is 34.2 Å². The minimum absolute atomic E-state index is 0.317. The lowest BCUT2D eigenvalue weighted by Crippen LogP contribution is -2.35. The highest BCUT2D eigenvalue weighted by atomic mass is 32.3. The van der Waals surface area contributed by atoms with Gasteiger partial charge in [0.25, 0.3) is 0 Å². The van der Waals surface area contributed by atoms with Crippen molar-refractivity contribution in [3.05, 3.63) is 24.0 Å². The van der Waals surface area contributed by atoms with E-state index in [4.69, 9.17) is 0 Å². The molecule has 0 radical (unpaired) electrons. The second kappa shape index (κ2) is 5.38. The molecule has 1 aliphatic rings. The molecule has 0 saturated carbocycles. The van der Waals surface area contributed by atoms with Crippen LogP contribution >= 0.6 is 0 Å². The van der Waals surface area contributed by atoms with Crippen LogP contribution in [0.1, 0.15) is 19.3 Å². The second-order valence-electron chi connectivity index (χ2n) is 4.49. The maximum absolute atomic E-state index is 13.3. The van der Waals surface area contributed by atoms with Crippen LogP contribution in [0.2, 0.25) is 0 Å². The van der Waals surface area contributed by atoms with Gasteiger partial charge in [0.15, 0.2) is 0 Å². The number of halogens is 2. The molecule has 1 saturated heterocycles. The minimum atomic E-state index is -5.30. The number of nitrogens with zero attached hydrogens (tertiary/aromatic N) is 1. The number of hydrogen-bond acceptors (Lipinski definition) is 4. The molecule has 0 amide bonds. The van der Waals surface area contributed by atoms with Crippen molar-refractivity contribution in [3.8, 4) is 0 Å². The van der Waals surface area contributed by atoms with Gasteiger partial charge in [0.1, 0.15) is 10.7 Å². The lowest BCUT2D eigenvalue weighted by Gasteiger charge is -2.25. The number of piperidine rings is 1. The summed E-state index contributed by atoms with van der Waals surface area (Å²) in [6, 6.07) is 2.10. The highest BCUT2D eigenvalue weighted by Gasteiger charge is 2.28. The summed E-state index contributed by atoms with van der Waals surface area (Å²) in [6.45, 7) is 0.634. The molecule has 0 atom stereocenters. The lowest BCUT2D eigenvalue weighted by molar-refractivity contribution is 0.346. The molecule has 1 aliphatic heterocycles. The van der Waals surface area contributed by atoms with Crippen molar-refractivity contribution in [1.29, 1.82) is 0 Å². The van der Waals surface area contributed by atoms with E-state index in [0.717, 1.165) is 12.5 Å². The Bertz CT molecular complexity index is 710. The molecule has 1 aromatic rings. The first-order chi connectivity index (χ1) is 9.23. The molecular formula is C11H13F2NO4S2. The minimum Gasteiger partial charge on any atom is -0.207 e. The van der Waals surface area contributed by atoms with Crippen molar-refractivity contribution >= 4 is 20.2 Å². The molecule has 0 N–H and O–H groups in total. The summed E-state index contributed by atoms with van der Waals surface area (Å²) in [5, 5.41) is 0. The predicted octanol–water partition coefficient (Wildman–Crippen LogP) is 1.66. The maximum Gasteiger partial charge on any atom is 0.335 e. The van der Waals surface area contributed by atoms with Crippen LogP contribution in [0.15, 0.2) is 28.0 Å². The molecule has 112 valence electrons. The van der Waals surface area contributed by atoms with Crippen molar-refractivity contribution < 1.29 is 25.1 Å². The van der Waals surface area contributed by atoms with Gasteiger partial charge >= 0.3 is 10.2 Å². The zero-order valence-corrected chi connectivity index (χ0v) is 12.1. The SMILES string of the molecule is O=S(=O)(F)c1cc(S(=O)(=O)N2CCCCC2)ccc1F. The molecule has 2 rings (SSSR count). The fourth-order valence-electron chi connectivity index (χ4n) is 2.09. The third-order valence-corrected chi connectivity index (χ3v) is 5.85. The normalized spacial score (nSPS) is 18.1. The molecule has 0 unspecified atom stereocenters. The van der Waals surface area contributed by atoms with E-state index in [-0.39, 0.29) is 0 Å². The van der Waals surface area contributed by atoms with Crippen LogP contribution in [0.25, 0.3) is 0 Å². The van der Waals surface area contributed by atoms with Gasteiger partial charge < -0.3 is 0 Å². The molecule has 0 aromatic heterocycles. The van der Waals surface area contributed by atoms with Crippen LogP contribution in [0.5, 0.6) is 0 Å². The van der Waals surface area contributed by atoms with Crippen LogP contribution in [0, 0.1) is 5.82 Å². The van der Waals surface area contributed by atoms with Gasteiger partial charge in [-0.25, -0.2) is 12.8 Å². The first kappa shape index (κ1) is 15.3. The summed E-state index contributed by atoms with van der Waals surface area (Å²) < 4.78 is 73.5. The first-order valence-electron chi connectivity index (χ1n) is 5.97. The third kappa shape index (κ3) is 2.99. The van der Waals surface area contributed by atoms with Crippen molar-refractivity contribution in [2.45, 2.75) is 29.1 Å². The van der Waals surface area contributed by atoms with Crippen molar-refractivity contribution in [3.63, 3.8) is 0 Å². The van der Waals surface area contributed by atoms with E-state index in [1.807, 2.05) is 0 Å². The van der Waals surface area contributed by atoms with Gasteiger partial charge in [0.05, 0.1) is 4.90 Å². The monoisotopic (exact) mass is 325 g/mol. The van der Waals surface area contributed by atoms with E-state index in [2.05, 4.69) is 0 Å². The molecule has 1 fully saturated rings. The Kier molecular flexibility index (Phi) is 4.12. The molecule has 0 spiro atoms. The number of benzene rings is 1. The molecule has 9 heteroatoms. The van der Waals surface area contributed by atoms with E-state index in [1.54, 1.807) is 0 Å². The molecule has 0 aliphatic carbocycles. The van der Waals surface area contributed by atoms with Crippen molar-refractivity contribution in [2.24, 2.45) is 0 Å². The van der Waals surface area contributed by atoms with Gasteiger partial charge in [0, 0.05) is 13.1 Å². The Hall–Kier alpha value is -1.06. The molecule has 1 heterocycles. The van der Waals surface area contributed by atoms with Crippen LogP contribution in [0.4, 0.5) is 8.28 Å². The van der Waals surface area contributed by atoms with E-state index in [0.29, 0.717) is 38.1 Å². The standard InChI is InChI=1S/C11H13F2NO4S2/c12-10-5-4-9(8-11(10)19(13,15)16)20(17,18)14-6-2-1-3-7-14/h4-5,8H,1-3,6-7H2. The van der Waals surface area contributed by atoms with Crippen molar-refractivity contribution in [2.75, 3.05) is 13.1 Å². The van der Waals surface area contributed by atoms with Crippen LogP contribution in [0.3, 0.4) is 0 Å². The van der Waals surface area contributed by atoms with E-state index in [9.17, 15) is 25.1 Å².